The third-order valence-electron chi connectivity index (χ3n) is 4.24. The van der Waals surface area contributed by atoms with Crippen molar-refractivity contribution in [2.24, 2.45) is 0 Å². The van der Waals surface area contributed by atoms with E-state index in [1.807, 2.05) is 32.0 Å². The Morgan fingerprint density at radius 1 is 1.03 bits per heavy atom. The molecule has 3 aromatic rings. The van der Waals surface area contributed by atoms with Crippen molar-refractivity contribution in [3.05, 3.63) is 72.1 Å². The minimum Gasteiger partial charge on any atom is -0.481 e. The van der Waals surface area contributed by atoms with Crippen molar-refractivity contribution in [1.82, 2.24) is 9.97 Å². The summed E-state index contributed by atoms with van der Waals surface area (Å²) < 4.78 is 32.9. The van der Waals surface area contributed by atoms with Crippen molar-refractivity contribution in [3.8, 4) is 5.75 Å². The van der Waals surface area contributed by atoms with E-state index in [0.29, 0.717) is 11.4 Å². The maximum absolute atomic E-state index is 12.5. The van der Waals surface area contributed by atoms with Gasteiger partial charge in [-0.1, -0.05) is 12.1 Å². The first-order valence-electron chi connectivity index (χ1n) is 9.19. The van der Waals surface area contributed by atoms with Gasteiger partial charge in [0.15, 0.2) is 6.10 Å². The zero-order chi connectivity index (χ0) is 21.7. The lowest BCUT2D eigenvalue weighted by atomic mass is 10.1. The molecule has 0 aliphatic heterocycles. The summed E-state index contributed by atoms with van der Waals surface area (Å²) >= 11 is 0. The molecular weight excluding hydrogens is 404 g/mol. The van der Waals surface area contributed by atoms with Crippen molar-refractivity contribution in [3.63, 3.8) is 0 Å². The van der Waals surface area contributed by atoms with E-state index in [1.165, 1.54) is 36.7 Å². The average molecular weight is 426 g/mol. The molecule has 0 aliphatic carbocycles. The molecule has 1 heterocycles. The second-order valence-corrected chi connectivity index (χ2v) is 8.40. The number of hydrogen-bond acceptors (Lipinski definition) is 6. The molecule has 0 radical (unpaired) electrons. The van der Waals surface area contributed by atoms with E-state index in [-0.39, 0.29) is 16.8 Å². The molecule has 0 bridgehead atoms. The van der Waals surface area contributed by atoms with Gasteiger partial charge in [0.1, 0.15) is 5.75 Å². The number of benzene rings is 2. The van der Waals surface area contributed by atoms with Crippen LogP contribution in [0, 0.1) is 13.8 Å². The summed E-state index contributed by atoms with van der Waals surface area (Å²) in [6.45, 7) is 5.51. The van der Waals surface area contributed by atoms with Crippen molar-refractivity contribution >= 4 is 27.6 Å². The van der Waals surface area contributed by atoms with Gasteiger partial charge in [0.2, 0.25) is 5.95 Å². The first-order valence-corrected chi connectivity index (χ1v) is 10.7. The molecule has 0 fully saturated rings. The molecule has 0 saturated carbocycles. The summed E-state index contributed by atoms with van der Waals surface area (Å²) in [6.07, 6.45) is 2.14. The number of carbonyl (C=O) groups is 1. The van der Waals surface area contributed by atoms with Gasteiger partial charge >= 0.3 is 0 Å². The summed E-state index contributed by atoms with van der Waals surface area (Å²) in [5.74, 6) is 0.280. The third kappa shape index (κ3) is 5.32. The maximum atomic E-state index is 12.5. The minimum absolute atomic E-state index is 0.0210. The molecule has 0 aliphatic rings. The predicted molar refractivity (Wildman–Crippen MR) is 114 cm³/mol. The van der Waals surface area contributed by atoms with E-state index >= 15 is 0 Å². The topological polar surface area (TPSA) is 110 Å². The largest absolute Gasteiger partial charge is 0.481 e. The fourth-order valence-corrected chi connectivity index (χ4v) is 3.53. The van der Waals surface area contributed by atoms with Crippen LogP contribution in [0.2, 0.25) is 0 Å². The smallest absolute Gasteiger partial charge is 0.265 e. The monoisotopic (exact) mass is 426 g/mol. The number of aryl methyl sites for hydroxylation is 2. The maximum Gasteiger partial charge on any atom is 0.265 e. The lowest BCUT2D eigenvalue weighted by molar-refractivity contribution is -0.122. The Labute approximate surface area is 175 Å². The number of rotatable bonds is 7. The lowest BCUT2D eigenvalue weighted by Crippen LogP contribution is -2.30. The Bertz CT molecular complexity index is 1130. The summed E-state index contributed by atoms with van der Waals surface area (Å²) in [4.78, 5) is 20.2. The van der Waals surface area contributed by atoms with E-state index in [9.17, 15) is 13.2 Å². The molecule has 2 N–H and O–H groups in total. The first-order chi connectivity index (χ1) is 14.2. The molecule has 0 saturated heterocycles. The Hall–Kier alpha value is -3.46. The average Bonchev–Trinajstić information content (AvgIpc) is 2.71. The van der Waals surface area contributed by atoms with Gasteiger partial charge in [-0.25, -0.2) is 23.1 Å². The highest BCUT2D eigenvalue weighted by molar-refractivity contribution is 7.92. The van der Waals surface area contributed by atoms with Crippen LogP contribution < -0.4 is 14.8 Å². The van der Waals surface area contributed by atoms with Gasteiger partial charge in [0.05, 0.1) is 4.90 Å². The van der Waals surface area contributed by atoms with Crippen LogP contribution in [-0.4, -0.2) is 30.4 Å². The molecule has 1 aromatic heterocycles. The van der Waals surface area contributed by atoms with Crippen molar-refractivity contribution in [2.75, 3.05) is 10.0 Å². The number of hydrogen-bond donors (Lipinski definition) is 2. The SMILES string of the molecule is Cc1ccc(C)c(O[C@H](C)C(=O)Nc2ccc(S(=O)(=O)Nc3ncccn3)cc2)c1. The summed E-state index contributed by atoms with van der Waals surface area (Å²) in [7, 11) is -3.84. The van der Waals surface area contributed by atoms with Gasteiger partial charge in [-0.05, 0) is 68.3 Å². The molecule has 30 heavy (non-hydrogen) atoms. The number of aromatic nitrogens is 2. The van der Waals surface area contributed by atoms with Gasteiger partial charge in [0.25, 0.3) is 15.9 Å². The molecule has 1 atom stereocenters. The number of sulfonamides is 1. The first kappa shape index (κ1) is 21.3. The minimum atomic E-state index is -3.84. The van der Waals surface area contributed by atoms with E-state index in [2.05, 4.69) is 20.0 Å². The molecule has 2 aromatic carbocycles. The summed E-state index contributed by atoms with van der Waals surface area (Å²) in [6, 6.07) is 13.1. The number of amides is 1. The molecule has 0 spiro atoms. The third-order valence-corrected chi connectivity index (χ3v) is 5.58. The number of nitrogens with one attached hydrogen (secondary N) is 2. The quantitative estimate of drug-likeness (QED) is 0.600. The molecular formula is C21H22N4O4S. The van der Waals surface area contributed by atoms with Crippen molar-refractivity contribution in [1.29, 1.82) is 0 Å². The number of ether oxygens (including phenoxy) is 1. The number of nitrogens with zero attached hydrogens (tertiary/aromatic N) is 2. The fraction of sp³-hybridized carbons (Fsp3) is 0.190. The zero-order valence-electron chi connectivity index (χ0n) is 16.8. The van der Waals surface area contributed by atoms with Crippen LogP contribution in [0.1, 0.15) is 18.1 Å². The zero-order valence-corrected chi connectivity index (χ0v) is 17.6. The van der Waals surface area contributed by atoms with Crippen LogP contribution in [0.15, 0.2) is 65.8 Å². The van der Waals surface area contributed by atoms with Gasteiger partial charge < -0.3 is 10.1 Å². The fourth-order valence-electron chi connectivity index (χ4n) is 2.57. The molecule has 8 nitrogen and oxygen atoms in total. The predicted octanol–water partition coefficient (Wildman–Crippen LogP) is 3.30. The molecule has 156 valence electrons. The van der Waals surface area contributed by atoms with Crippen LogP contribution in [0.5, 0.6) is 5.75 Å². The van der Waals surface area contributed by atoms with E-state index in [0.717, 1.165) is 11.1 Å². The van der Waals surface area contributed by atoms with Crippen LogP contribution in [0.3, 0.4) is 0 Å². The van der Waals surface area contributed by atoms with E-state index < -0.39 is 16.1 Å². The van der Waals surface area contributed by atoms with Crippen LogP contribution in [-0.2, 0) is 14.8 Å². The highest BCUT2D eigenvalue weighted by Gasteiger charge is 2.18. The van der Waals surface area contributed by atoms with Crippen LogP contribution in [0.25, 0.3) is 0 Å². The van der Waals surface area contributed by atoms with Gasteiger partial charge in [-0.15, -0.1) is 0 Å². The van der Waals surface area contributed by atoms with E-state index in [4.69, 9.17) is 4.74 Å². The molecule has 1 amide bonds. The van der Waals surface area contributed by atoms with Gasteiger partial charge in [-0.2, -0.15) is 0 Å². The molecule has 0 unspecified atom stereocenters. The highest BCUT2D eigenvalue weighted by atomic mass is 32.2. The number of carbonyl (C=O) groups excluding carboxylic acids is 1. The standard InChI is InChI=1S/C21H22N4O4S/c1-14-5-6-15(2)19(13-14)29-16(3)20(26)24-17-7-9-18(10-8-17)30(27,28)25-21-22-11-4-12-23-21/h4-13,16H,1-3H3,(H,24,26)(H,22,23,25)/t16-/m1/s1. The Morgan fingerprint density at radius 2 is 1.70 bits per heavy atom. The Morgan fingerprint density at radius 3 is 2.37 bits per heavy atom. The number of anilines is 2. The van der Waals surface area contributed by atoms with Gasteiger partial charge in [0, 0.05) is 18.1 Å². The van der Waals surface area contributed by atoms with Crippen molar-refractivity contribution in [2.45, 2.75) is 31.8 Å². The molecule has 9 heteroatoms. The van der Waals surface area contributed by atoms with Gasteiger partial charge in [-0.3, -0.25) is 4.79 Å². The Balaban J connectivity index is 1.64. The molecule has 3 rings (SSSR count). The van der Waals surface area contributed by atoms with E-state index in [1.54, 1.807) is 13.0 Å². The van der Waals surface area contributed by atoms with Crippen LogP contribution in [0.4, 0.5) is 11.6 Å². The van der Waals surface area contributed by atoms with Crippen molar-refractivity contribution < 1.29 is 17.9 Å². The second kappa shape index (κ2) is 8.91. The summed E-state index contributed by atoms with van der Waals surface area (Å²) in [5.41, 5.74) is 2.42. The Kier molecular flexibility index (Phi) is 6.31. The normalized spacial score (nSPS) is 12.1. The summed E-state index contributed by atoms with van der Waals surface area (Å²) in [5, 5.41) is 2.72. The second-order valence-electron chi connectivity index (χ2n) is 6.72. The lowest BCUT2D eigenvalue weighted by Gasteiger charge is -2.17. The van der Waals surface area contributed by atoms with Crippen LogP contribution >= 0.6 is 0 Å². The highest BCUT2D eigenvalue weighted by Crippen LogP contribution is 2.21.